The van der Waals surface area contributed by atoms with Crippen LogP contribution in [0.1, 0.15) is 34.5 Å². The van der Waals surface area contributed by atoms with E-state index in [1.54, 1.807) is 43.1 Å². The van der Waals surface area contributed by atoms with Gasteiger partial charge in [0.05, 0.1) is 35.4 Å². The monoisotopic (exact) mass is 451 g/mol. The van der Waals surface area contributed by atoms with Gasteiger partial charge in [-0.1, -0.05) is 11.6 Å². The fourth-order valence-electron chi connectivity index (χ4n) is 3.64. The van der Waals surface area contributed by atoms with Crippen LogP contribution in [-0.2, 0) is 9.59 Å². The van der Waals surface area contributed by atoms with Gasteiger partial charge in [-0.2, -0.15) is 5.26 Å². The summed E-state index contributed by atoms with van der Waals surface area (Å²) < 4.78 is 5.22. The van der Waals surface area contributed by atoms with Crippen molar-refractivity contribution in [2.24, 2.45) is 0 Å². The SMILES string of the molecule is COc1cc(C2C(=C=O)C(C(=O)Nc3ccc(Cl)cc3)=C(C)N2C)c(C(=O)O)cc1C#N. The van der Waals surface area contributed by atoms with Crippen molar-refractivity contribution in [2.75, 3.05) is 19.5 Å². The van der Waals surface area contributed by atoms with Crippen molar-refractivity contribution >= 4 is 35.1 Å². The Bertz CT molecular complexity index is 1240. The van der Waals surface area contributed by atoms with Gasteiger partial charge in [0.15, 0.2) is 0 Å². The van der Waals surface area contributed by atoms with E-state index in [0.717, 1.165) is 0 Å². The molecule has 0 saturated carbocycles. The Labute approximate surface area is 189 Å². The average molecular weight is 452 g/mol. The van der Waals surface area contributed by atoms with Gasteiger partial charge in [-0.25, -0.2) is 9.59 Å². The first-order chi connectivity index (χ1) is 15.2. The third-order valence-electron chi connectivity index (χ3n) is 5.28. The van der Waals surface area contributed by atoms with E-state index in [9.17, 15) is 24.8 Å². The summed E-state index contributed by atoms with van der Waals surface area (Å²) in [6.07, 6.45) is 0. The van der Waals surface area contributed by atoms with Crippen LogP contribution in [0.3, 0.4) is 0 Å². The fourth-order valence-corrected chi connectivity index (χ4v) is 3.77. The first-order valence-corrected chi connectivity index (χ1v) is 9.72. The average Bonchev–Trinajstić information content (AvgIpc) is 3.04. The number of nitrogens with zero attached hydrogens (tertiary/aromatic N) is 2. The van der Waals surface area contributed by atoms with Crippen LogP contribution >= 0.6 is 11.6 Å². The molecule has 0 spiro atoms. The lowest BCUT2D eigenvalue weighted by molar-refractivity contribution is -0.112. The molecule has 0 fully saturated rings. The molecule has 0 radical (unpaired) electrons. The molecule has 0 aromatic heterocycles. The van der Waals surface area contributed by atoms with E-state index in [2.05, 4.69) is 5.32 Å². The third kappa shape index (κ3) is 3.95. The molecule has 1 aliphatic rings. The van der Waals surface area contributed by atoms with Crippen molar-refractivity contribution in [1.29, 1.82) is 5.26 Å². The fraction of sp³-hybridized carbons (Fsp3) is 0.174. The first kappa shape index (κ1) is 22.6. The highest BCUT2D eigenvalue weighted by molar-refractivity contribution is 6.30. The van der Waals surface area contributed by atoms with E-state index in [1.807, 2.05) is 12.0 Å². The van der Waals surface area contributed by atoms with Crippen LogP contribution in [-0.4, -0.2) is 42.0 Å². The van der Waals surface area contributed by atoms with Gasteiger partial charge < -0.3 is 20.1 Å². The maximum atomic E-state index is 13.0. The minimum absolute atomic E-state index is 0.0225. The van der Waals surface area contributed by atoms with Crippen LogP contribution < -0.4 is 10.1 Å². The van der Waals surface area contributed by atoms with E-state index < -0.39 is 17.9 Å². The smallest absolute Gasteiger partial charge is 0.336 e. The molecule has 1 amide bonds. The summed E-state index contributed by atoms with van der Waals surface area (Å²) in [6, 6.07) is 10.0. The molecule has 9 heteroatoms. The maximum absolute atomic E-state index is 13.0. The van der Waals surface area contributed by atoms with E-state index >= 15 is 0 Å². The summed E-state index contributed by atoms with van der Waals surface area (Å²) >= 11 is 5.87. The van der Waals surface area contributed by atoms with Crippen molar-refractivity contribution in [3.05, 3.63) is 75.0 Å². The van der Waals surface area contributed by atoms with E-state index in [4.69, 9.17) is 16.3 Å². The number of nitriles is 1. The zero-order chi connectivity index (χ0) is 23.6. The number of hydrogen-bond donors (Lipinski definition) is 2. The molecule has 0 aliphatic carbocycles. The molecular formula is C23H18ClN3O5. The maximum Gasteiger partial charge on any atom is 0.336 e. The van der Waals surface area contributed by atoms with Gasteiger partial charge in [-0.3, -0.25) is 4.79 Å². The summed E-state index contributed by atoms with van der Waals surface area (Å²) in [5.74, 6) is 0.144. The minimum atomic E-state index is -1.28. The van der Waals surface area contributed by atoms with Gasteiger partial charge in [-0.05, 0) is 48.9 Å². The summed E-state index contributed by atoms with van der Waals surface area (Å²) in [5.41, 5.74) is 1.05. The topological polar surface area (TPSA) is 120 Å². The second kappa shape index (κ2) is 8.98. The number of carboxylic acid groups (broad SMARTS) is 1. The van der Waals surface area contributed by atoms with Crippen molar-refractivity contribution in [3.63, 3.8) is 0 Å². The van der Waals surface area contributed by atoms with Crippen LogP contribution in [0.4, 0.5) is 5.69 Å². The number of likely N-dealkylation sites (N-methyl/N-ethyl adjacent to an activating group) is 1. The van der Waals surface area contributed by atoms with E-state index in [1.165, 1.54) is 19.2 Å². The van der Waals surface area contributed by atoms with E-state index in [-0.39, 0.29) is 33.6 Å². The number of amides is 1. The lowest BCUT2D eigenvalue weighted by Crippen LogP contribution is -2.22. The molecule has 1 unspecified atom stereocenters. The van der Waals surface area contributed by atoms with E-state index in [0.29, 0.717) is 16.4 Å². The number of carbonyl (C=O) groups excluding carboxylic acids is 2. The Kier molecular flexibility index (Phi) is 6.35. The zero-order valence-corrected chi connectivity index (χ0v) is 18.1. The molecule has 1 heterocycles. The number of rotatable bonds is 5. The summed E-state index contributed by atoms with van der Waals surface area (Å²) in [6.45, 7) is 1.65. The third-order valence-corrected chi connectivity index (χ3v) is 5.53. The molecular weight excluding hydrogens is 434 g/mol. The van der Waals surface area contributed by atoms with Crippen LogP contribution in [0.2, 0.25) is 5.02 Å². The van der Waals surface area contributed by atoms with Crippen LogP contribution in [0.5, 0.6) is 5.75 Å². The number of nitrogens with one attached hydrogen (secondary N) is 1. The first-order valence-electron chi connectivity index (χ1n) is 9.34. The molecule has 2 aromatic carbocycles. The molecule has 162 valence electrons. The zero-order valence-electron chi connectivity index (χ0n) is 17.4. The predicted molar refractivity (Wildman–Crippen MR) is 117 cm³/mol. The van der Waals surface area contributed by atoms with Crippen LogP contribution in [0, 0.1) is 11.3 Å². The number of carboxylic acids is 1. The Morgan fingerprint density at radius 2 is 1.91 bits per heavy atom. The van der Waals surface area contributed by atoms with Gasteiger partial charge in [0.1, 0.15) is 17.8 Å². The van der Waals surface area contributed by atoms with Crippen molar-refractivity contribution in [2.45, 2.75) is 13.0 Å². The van der Waals surface area contributed by atoms with Gasteiger partial charge in [0.2, 0.25) is 0 Å². The normalized spacial score (nSPS) is 15.3. The van der Waals surface area contributed by atoms with Crippen molar-refractivity contribution in [1.82, 2.24) is 4.90 Å². The quantitative estimate of drug-likeness (QED) is 0.666. The lowest BCUT2D eigenvalue weighted by atomic mass is 9.91. The number of ether oxygens (including phenoxy) is 1. The summed E-state index contributed by atoms with van der Waals surface area (Å²) in [7, 11) is 2.99. The van der Waals surface area contributed by atoms with Gasteiger partial charge in [0, 0.05) is 23.5 Å². The lowest BCUT2D eigenvalue weighted by Gasteiger charge is -2.25. The number of halogens is 1. The van der Waals surface area contributed by atoms with Crippen molar-refractivity contribution < 1.29 is 24.2 Å². The Hall–Kier alpha value is -4.05. The Morgan fingerprint density at radius 3 is 2.44 bits per heavy atom. The number of methoxy groups -OCH3 is 1. The molecule has 32 heavy (non-hydrogen) atoms. The molecule has 8 nitrogen and oxygen atoms in total. The highest BCUT2D eigenvalue weighted by atomic mass is 35.5. The van der Waals surface area contributed by atoms with Gasteiger partial charge in [0.25, 0.3) is 5.91 Å². The molecule has 3 rings (SSSR count). The number of carbonyl (C=O) groups is 2. The molecule has 1 atom stereocenters. The van der Waals surface area contributed by atoms with Crippen molar-refractivity contribution in [3.8, 4) is 11.8 Å². The Balaban J connectivity index is 2.09. The van der Waals surface area contributed by atoms with Crippen LogP contribution in [0.15, 0.2) is 53.2 Å². The highest BCUT2D eigenvalue weighted by Crippen LogP contribution is 2.44. The molecule has 2 N–H and O–H groups in total. The summed E-state index contributed by atoms with van der Waals surface area (Å²) in [5, 5.41) is 22.3. The molecule has 0 saturated heterocycles. The number of hydrogen-bond acceptors (Lipinski definition) is 6. The number of anilines is 1. The highest BCUT2D eigenvalue weighted by Gasteiger charge is 2.40. The van der Waals surface area contributed by atoms with Gasteiger partial charge in [-0.15, -0.1) is 0 Å². The predicted octanol–water partition coefficient (Wildman–Crippen LogP) is 3.58. The molecule has 1 aliphatic heterocycles. The minimum Gasteiger partial charge on any atom is -0.495 e. The summed E-state index contributed by atoms with van der Waals surface area (Å²) in [4.78, 5) is 38.6. The van der Waals surface area contributed by atoms with Gasteiger partial charge >= 0.3 is 5.97 Å². The second-order valence-electron chi connectivity index (χ2n) is 7.01. The second-order valence-corrected chi connectivity index (χ2v) is 7.44. The number of aromatic carboxylic acids is 1. The standard InChI is InChI=1S/C23H18ClN3O5/c1-12-20(22(29)26-15-6-4-14(24)5-7-15)18(11-28)21(27(12)2)16-9-19(32-3)13(10-25)8-17(16)23(30)31/h4-9,21H,1-3H3,(H,26,29)(H,30,31). The number of benzene rings is 2. The molecule has 2 aromatic rings. The number of allylic oxidation sites excluding steroid dienone is 1. The van der Waals surface area contributed by atoms with Crippen LogP contribution in [0.25, 0.3) is 0 Å². The Morgan fingerprint density at radius 1 is 1.25 bits per heavy atom. The largest absolute Gasteiger partial charge is 0.495 e. The molecule has 0 bridgehead atoms.